The van der Waals surface area contributed by atoms with Crippen LogP contribution in [0.25, 0.3) is 0 Å². The van der Waals surface area contributed by atoms with Crippen LogP contribution in [-0.2, 0) is 0 Å². The van der Waals surface area contributed by atoms with E-state index in [1.54, 1.807) is 6.92 Å². The van der Waals surface area contributed by atoms with Crippen molar-refractivity contribution >= 4 is 0 Å². The monoisotopic (exact) mass is 88.1 g/mol. The molecular formula is C5H9F. The van der Waals surface area contributed by atoms with Crippen LogP contribution < -0.4 is 0 Å². The van der Waals surface area contributed by atoms with Crippen molar-refractivity contribution in [3.05, 3.63) is 25.6 Å². The van der Waals surface area contributed by atoms with Crippen LogP contribution in [0.5, 0.6) is 0 Å². The van der Waals surface area contributed by atoms with Crippen molar-refractivity contribution in [2.24, 2.45) is 0 Å². The Kier molecular flexibility index (Phi) is 38.9. The lowest BCUT2D eigenvalue weighted by Gasteiger charge is -1.45. The normalized spacial score (nSPS) is 7.00. The molecule has 0 heterocycles. The van der Waals surface area contributed by atoms with Gasteiger partial charge in [0.15, 0.2) is 0 Å². The number of rotatable bonds is 0. The molecule has 0 aliphatic heterocycles. The maximum Gasteiger partial charge on any atom is 0.0824 e. The Morgan fingerprint density at radius 1 is 1.50 bits per heavy atom. The van der Waals surface area contributed by atoms with Gasteiger partial charge in [0.25, 0.3) is 0 Å². The zero-order valence-electron chi connectivity index (χ0n) is 3.95. The third-order valence-electron chi connectivity index (χ3n) is 0.126. The first-order valence-electron chi connectivity index (χ1n) is 1.63. The van der Waals surface area contributed by atoms with Gasteiger partial charge in [-0.15, -0.1) is 13.2 Å². The molecule has 36 valence electrons. The second kappa shape index (κ2) is 25.8. The average molecular weight is 88.1 g/mol. The van der Waals surface area contributed by atoms with Crippen LogP contribution in [0.4, 0.5) is 4.39 Å². The van der Waals surface area contributed by atoms with E-state index < -0.39 is 0 Å². The van der Waals surface area contributed by atoms with Crippen molar-refractivity contribution in [2.75, 3.05) is 0 Å². The fraction of sp³-hybridized carbons (Fsp3) is 0.200. The molecule has 0 atom stereocenters. The largest absolute Gasteiger partial charge is 0.216 e. The highest BCUT2D eigenvalue weighted by atomic mass is 19.1. The average Bonchev–Trinajstić information content (AvgIpc) is 1.72. The van der Waals surface area contributed by atoms with Crippen molar-refractivity contribution in [3.8, 4) is 0 Å². The molecule has 0 unspecified atom stereocenters. The van der Waals surface area contributed by atoms with Crippen LogP contribution in [0, 0.1) is 0 Å². The van der Waals surface area contributed by atoms with Crippen LogP contribution in [0.15, 0.2) is 25.6 Å². The summed E-state index contributed by atoms with van der Waals surface area (Å²) in [5, 5.41) is 0. The fourth-order valence-electron chi connectivity index (χ4n) is 0. The van der Waals surface area contributed by atoms with Crippen molar-refractivity contribution in [3.63, 3.8) is 0 Å². The van der Waals surface area contributed by atoms with Crippen molar-refractivity contribution in [1.82, 2.24) is 0 Å². The Hall–Kier alpha value is -0.590. The lowest BCUT2D eigenvalue weighted by atomic mass is 10.8. The van der Waals surface area contributed by atoms with E-state index in [0.29, 0.717) is 6.33 Å². The molecule has 0 aliphatic carbocycles. The topological polar surface area (TPSA) is 0 Å². The smallest absolute Gasteiger partial charge is 0.0824 e. The van der Waals surface area contributed by atoms with Gasteiger partial charge < -0.3 is 0 Å². The van der Waals surface area contributed by atoms with Crippen molar-refractivity contribution in [2.45, 2.75) is 6.92 Å². The minimum Gasteiger partial charge on any atom is -0.216 e. The molecule has 0 N–H and O–H groups in total. The predicted molar refractivity (Wildman–Crippen MR) is 27.2 cm³/mol. The van der Waals surface area contributed by atoms with Gasteiger partial charge in [-0.3, -0.25) is 0 Å². The standard InChI is InChI=1S/C3H5F.C2H4/c1-2-3-4;1-2/h2-3H,1H3;1-2H2. The molecule has 6 heavy (non-hydrogen) atoms. The van der Waals surface area contributed by atoms with Crippen LogP contribution in [0.3, 0.4) is 0 Å². The number of hydrogen-bond acceptors (Lipinski definition) is 0. The van der Waals surface area contributed by atoms with E-state index in [2.05, 4.69) is 13.2 Å². The Morgan fingerprint density at radius 2 is 1.67 bits per heavy atom. The molecule has 0 fully saturated rings. The molecule has 0 aromatic carbocycles. The molecule has 0 spiro atoms. The first-order chi connectivity index (χ1) is 2.91. The summed E-state index contributed by atoms with van der Waals surface area (Å²) in [5.74, 6) is 0. The van der Waals surface area contributed by atoms with E-state index >= 15 is 0 Å². The Balaban J connectivity index is 0. The molecule has 0 nitrogen and oxygen atoms in total. The summed E-state index contributed by atoms with van der Waals surface area (Å²) < 4.78 is 10.5. The zero-order chi connectivity index (χ0) is 5.41. The highest BCUT2D eigenvalue weighted by Gasteiger charge is 1.38. The Labute approximate surface area is 38.0 Å². The maximum absolute atomic E-state index is 10.5. The predicted octanol–water partition coefficient (Wildman–Crippen LogP) is 2.29. The molecule has 0 radical (unpaired) electrons. The zero-order valence-corrected chi connectivity index (χ0v) is 3.95. The summed E-state index contributed by atoms with van der Waals surface area (Å²) in [6, 6.07) is 0. The number of allylic oxidation sites excluding steroid dienone is 1. The van der Waals surface area contributed by atoms with Gasteiger partial charge in [-0.05, 0) is 6.92 Å². The summed E-state index contributed by atoms with van der Waals surface area (Å²) >= 11 is 0. The summed E-state index contributed by atoms with van der Waals surface area (Å²) in [6.45, 7) is 7.62. The minimum atomic E-state index is 0.500. The van der Waals surface area contributed by atoms with Gasteiger partial charge in [0.1, 0.15) is 0 Å². The molecule has 0 bridgehead atoms. The quantitative estimate of drug-likeness (QED) is 0.398. The second-order valence-electron chi connectivity index (χ2n) is 0.459. The van der Waals surface area contributed by atoms with Gasteiger partial charge in [0, 0.05) is 0 Å². The SMILES string of the molecule is C=C.CC=CF. The molecular weight excluding hydrogens is 79.1 g/mol. The number of hydrogen-bond donors (Lipinski definition) is 0. The first-order valence-corrected chi connectivity index (χ1v) is 1.63. The highest BCUT2D eigenvalue weighted by molar-refractivity contribution is 4.61. The van der Waals surface area contributed by atoms with Gasteiger partial charge in [-0.25, -0.2) is 4.39 Å². The molecule has 0 amide bonds. The third-order valence-corrected chi connectivity index (χ3v) is 0.126. The van der Waals surface area contributed by atoms with Crippen LogP contribution in [0.2, 0.25) is 0 Å². The van der Waals surface area contributed by atoms with E-state index in [9.17, 15) is 4.39 Å². The van der Waals surface area contributed by atoms with Crippen LogP contribution >= 0.6 is 0 Å². The molecule has 0 aromatic rings. The summed E-state index contributed by atoms with van der Waals surface area (Å²) in [5.41, 5.74) is 0. The molecule has 1 heteroatoms. The lowest BCUT2D eigenvalue weighted by Crippen LogP contribution is -1.22. The van der Waals surface area contributed by atoms with Gasteiger partial charge in [-0.2, -0.15) is 0 Å². The van der Waals surface area contributed by atoms with Gasteiger partial charge in [0.2, 0.25) is 0 Å². The van der Waals surface area contributed by atoms with Crippen molar-refractivity contribution < 1.29 is 4.39 Å². The fourth-order valence-corrected chi connectivity index (χ4v) is 0. The van der Waals surface area contributed by atoms with E-state index in [4.69, 9.17) is 0 Å². The highest BCUT2D eigenvalue weighted by Crippen LogP contribution is 1.62. The summed E-state index contributed by atoms with van der Waals surface area (Å²) in [4.78, 5) is 0. The first kappa shape index (κ1) is 9.05. The van der Waals surface area contributed by atoms with Crippen LogP contribution in [0.1, 0.15) is 6.92 Å². The van der Waals surface area contributed by atoms with E-state index in [0.717, 1.165) is 0 Å². The maximum atomic E-state index is 10.5. The van der Waals surface area contributed by atoms with Crippen molar-refractivity contribution in [1.29, 1.82) is 0 Å². The Bertz CT molecular complexity index is 26.9. The Morgan fingerprint density at radius 3 is 1.67 bits per heavy atom. The number of halogens is 1. The van der Waals surface area contributed by atoms with E-state index in [-0.39, 0.29) is 0 Å². The molecule has 0 aliphatic rings. The summed E-state index contributed by atoms with van der Waals surface area (Å²) in [7, 11) is 0. The minimum absolute atomic E-state index is 0.500. The van der Waals surface area contributed by atoms with E-state index in [1.807, 2.05) is 0 Å². The molecule has 0 saturated heterocycles. The lowest BCUT2D eigenvalue weighted by molar-refractivity contribution is 0.719. The van der Waals surface area contributed by atoms with Gasteiger partial charge >= 0.3 is 0 Å². The van der Waals surface area contributed by atoms with Gasteiger partial charge in [-0.1, -0.05) is 6.08 Å². The van der Waals surface area contributed by atoms with Crippen LogP contribution in [-0.4, -0.2) is 0 Å². The molecule has 0 saturated carbocycles. The molecule has 0 rings (SSSR count). The third kappa shape index (κ3) is 118. The van der Waals surface area contributed by atoms with E-state index in [1.165, 1.54) is 6.08 Å². The summed E-state index contributed by atoms with van der Waals surface area (Å²) in [6.07, 6.45) is 1.83. The molecule has 0 aromatic heterocycles. The second-order valence-corrected chi connectivity index (χ2v) is 0.459. The van der Waals surface area contributed by atoms with Gasteiger partial charge in [0.05, 0.1) is 6.33 Å².